The van der Waals surface area contributed by atoms with E-state index >= 15 is 0 Å². The zero-order valence-corrected chi connectivity index (χ0v) is 69.5. The van der Waals surface area contributed by atoms with Gasteiger partial charge in [0, 0.05) is 32.5 Å². The number of phenols is 1. The molecule has 2 aromatic rings. The van der Waals surface area contributed by atoms with Crippen LogP contribution in [0, 0.1) is 23.2 Å². The minimum absolute atomic E-state index is 0.0152. The average Bonchev–Trinajstić information content (AvgIpc) is 1.62. The molecule has 2 aliphatic heterocycles. The Morgan fingerprint density at radius 3 is 1.39 bits per heavy atom. The molecule has 0 spiro atoms. The highest BCUT2D eigenvalue weighted by Crippen LogP contribution is 2.24. The molecule has 44 nitrogen and oxygen atoms in total. The van der Waals surface area contributed by atoms with Crippen molar-refractivity contribution in [2.75, 3.05) is 32.8 Å². The largest absolute Gasteiger partial charge is 0.508 e. The van der Waals surface area contributed by atoms with E-state index in [0.717, 1.165) is 17.4 Å². The van der Waals surface area contributed by atoms with E-state index in [1.165, 1.54) is 43.0 Å². The van der Waals surface area contributed by atoms with E-state index in [0.29, 0.717) is 12.0 Å². The summed E-state index contributed by atoms with van der Waals surface area (Å²) < 4.78 is 0. The van der Waals surface area contributed by atoms with Crippen LogP contribution < -0.4 is 92.1 Å². The van der Waals surface area contributed by atoms with Gasteiger partial charge in [-0.15, -0.1) is 0 Å². The van der Waals surface area contributed by atoms with Crippen molar-refractivity contribution in [2.45, 2.75) is 248 Å². The second-order valence-corrected chi connectivity index (χ2v) is 30.5. The third kappa shape index (κ3) is 32.4. The Morgan fingerprint density at radius 2 is 0.885 bits per heavy atom. The maximum Gasteiger partial charge on any atom is 0.326 e. The minimum atomic E-state index is -2.12. The fourth-order valence-corrected chi connectivity index (χ4v) is 13.4. The number of hydrogen-bond acceptors (Lipinski definition) is 24. The summed E-state index contributed by atoms with van der Waals surface area (Å²) >= 11 is 0. The molecule has 676 valence electrons. The first-order chi connectivity index (χ1) is 57.5. The maximum absolute atomic E-state index is 14.5. The van der Waals surface area contributed by atoms with Crippen LogP contribution in [-0.4, -0.2) is 282 Å². The fourth-order valence-electron chi connectivity index (χ4n) is 13.4. The second kappa shape index (κ2) is 50.1. The molecule has 2 aliphatic rings. The molecule has 2 saturated heterocycles. The van der Waals surface area contributed by atoms with Gasteiger partial charge in [-0.25, -0.2) is 4.79 Å². The number of aliphatic carboxylic acids is 2. The van der Waals surface area contributed by atoms with Gasteiger partial charge in [0.1, 0.15) is 84.3 Å². The summed E-state index contributed by atoms with van der Waals surface area (Å²) in [6.45, 7) is 10.0. The number of primary amides is 2. The number of nitrogens with two attached hydrogens (primary N) is 4. The second-order valence-electron chi connectivity index (χ2n) is 30.5. The van der Waals surface area contributed by atoms with Crippen molar-refractivity contribution in [3.05, 3.63) is 65.7 Å². The van der Waals surface area contributed by atoms with Crippen LogP contribution in [0.1, 0.15) is 150 Å². The lowest BCUT2D eigenvalue weighted by Crippen LogP contribution is -2.63. The number of aromatic hydroxyl groups is 1. The number of guanidine groups is 1. The van der Waals surface area contributed by atoms with Gasteiger partial charge in [-0.05, 0) is 106 Å². The Morgan fingerprint density at radius 1 is 0.467 bits per heavy atom. The zero-order chi connectivity index (χ0) is 91.5. The standard InChI is InChI=1S/C78H120N20O24/c1-9-38(4)59(72(116)87-47(20-15-29-84-78(82)83)65(109)90-51(77(121)122)33-44-23-25-45(102)26-24-44)92-57(105)36-85-70(114)53-21-16-30-97(53)76(120)63(42(8)101)96-66(110)48(27-28-58(106)107)86-67(111)49(34-55(80)103)88-68(112)50(35-56(81)104)89-73(117)60(39(5)10-2)93-69(113)52(37-99)91-71(115)54-22-17-31-98(54)75(119)61(40(6)11-3)94-74(118)62(41(7)100)95-64(108)46(79)32-43-18-13-12-14-19-43/h12-14,18-19,23-26,38-42,46-54,59-63,99-102H,9-11,15-17,20-22,27-37,79H2,1-8H3,(H2,80,103)(H2,81,104)(H,85,114)(H,86,111)(H,87,116)(H,88,112)(H,89,117)(H,90,109)(H,91,115)(H,92,105)(H,93,113)(H,94,118)(H,95,108)(H,96,110)(H,106,107)(H,121,122)(H4,82,83,84)/t38-,39-,40-,41+,42+,46-,47-,48-,49-,50-,51-,52-,53-,54-,59-,60-,61-,62-,63-/m0/s1. The molecule has 0 aromatic heterocycles. The van der Waals surface area contributed by atoms with Crippen LogP contribution in [-0.2, 0) is 99.1 Å². The molecule has 16 amide bonds. The number of amides is 16. The molecule has 2 aromatic carbocycles. The lowest BCUT2D eigenvalue weighted by molar-refractivity contribution is -0.144. The van der Waals surface area contributed by atoms with Crippen LogP contribution in [0.2, 0.25) is 0 Å². The van der Waals surface area contributed by atoms with Crippen molar-refractivity contribution < 1.29 is 117 Å². The number of rotatable bonds is 51. The number of likely N-dealkylation sites (tertiary alicyclic amines) is 2. The number of benzene rings is 2. The number of carboxylic acids is 2. The third-order valence-electron chi connectivity index (χ3n) is 21.0. The summed E-state index contributed by atoms with van der Waals surface area (Å²) in [4.78, 5) is 248. The highest BCUT2D eigenvalue weighted by atomic mass is 16.4. The van der Waals surface area contributed by atoms with Crippen LogP contribution in [0.5, 0.6) is 5.75 Å². The van der Waals surface area contributed by atoms with Crippen molar-refractivity contribution in [1.29, 1.82) is 5.41 Å². The van der Waals surface area contributed by atoms with Gasteiger partial charge in [-0.3, -0.25) is 86.9 Å². The molecule has 44 heteroatoms. The molecule has 0 bridgehead atoms. The number of carbonyl (C=O) groups excluding carboxylic acids is 16. The van der Waals surface area contributed by atoms with Gasteiger partial charge in [0.2, 0.25) is 94.5 Å². The first-order valence-electron chi connectivity index (χ1n) is 40.3. The number of aliphatic hydroxyl groups is 3. The molecule has 0 unspecified atom stereocenters. The summed E-state index contributed by atoms with van der Waals surface area (Å²) in [5.41, 5.74) is 23.7. The average molecular weight is 1720 g/mol. The van der Waals surface area contributed by atoms with Gasteiger partial charge in [-0.1, -0.05) is 103 Å². The lowest BCUT2D eigenvalue weighted by atomic mass is 9.96. The SMILES string of the molecule is CC[C@H](C)[C@H](NC(=O)CNC(=O)[C@@H]1CCCN1C(=O)[C@@H](NC(=O)[C@H](CCC(=O)O)NC(=O)[C@H](CC(N)=O)NC(=O)[C@H](CC(N)=O)NC(=O)[C@@H](NC(=O)[C@H](CO)NC(=O)[C@@H]1CCCN1C(=O)[C@@H](NC(=O)[C@@H](NC(=O)[C@@H](N)Cc1ccccc1)[C@@H](C)O)[C@@H](C)CC)[C@@H](C)CC)[C@@H](C)O)C(=O)N[C@@H](CCCNC(=N)N)C(=O)N[C@@H](Cc1ccc(O)cc1)C(=O)O. The summed E-state index contributed by atoms with van der Waals surface area (Å²) in [6, 6.07) is -8.29. The lowest BCUT2D eigenvalue weighted by Gasteiger charge is -2.33. The molecule has 2 heterocycles. The Bertz CT molecular complexity index is 4010. The maximum atomic E-state index is 14.5. The van der Waals surface area contributed by atoms with Crippen LogP contribution in [0.4, 0.5) is 0 Å². The van der Waals surface area contributed by atoms with Gasteiger partial charge < -0.3 is 132 Å². The predicted molar refractivity (Wildman–Crippen MR) is 434 cm³/mol. The van der Waals surface area contributed by atoms with E-state index in [9.17, 15) is 117 Å². The number of hydrogen-bond donors (Lipinski definition) is 24. The number of phenolic OH excluding ortho intramolecular Hbond substituents is 1. The summed E-state index contributed by atoms with van der Waals surface area (Å²) in [6.07, 6.45) is -6.07. The molecular formula is C78H120N20O24. The number of aliphatic hydroxyl groups excluding tert-OH is 3. The summed E-state index contributed by atoms with van der Waals surface area (Å²) in [5.74, 6) is -22.7. The summed E-state index contributed by atoms with van der Waals surface area (Å²) in [7, 11) is 0. The Balaban J connectivity index is 1.47. The van der Waals surface area contributed by atoms with Crippen LogP contribution >= 0.6 is 0 Å². The van der Waals surface area contributed by atoms with E-state index in [4.69, 9.17) is 28.3 Å². The van der Waals surface area contributed by atoms with Gasteiger partial charge in [0.15, 0.2) is 5.96 Å². The first kappa shape index (κ1) is 102. The molecular weight excluding hydrogens is 1600 g/mol. The van der Waals surface area contributed by atoms with E-state index < -0.39 is 260 Å². The molecule has 28 N–H and O–H groups in total. The smallest absolute Gasteiger partial charge is 0.326 e. The van der Waals surface area contributed by atoms with Crippen LogP contribution in [0.25, 0.3) is 0 Å². The normalized spacial score (nSPS) is 17.8. The van der Waals surface area contributed by atoms with Crippen molar-refractivity contribution >= 4 is 112 Å². The minimum Gasteiger partial charge on any atom is -0.508 e. The van der Waals surface area contributed by atoms with Crippen molar-refractivity contribution in [3.63, 3.8) is 0 Å². The molecule has 19 atom stereocenters. The fraction of sp³-hybridized carbons (Fsp3) is 0.603. The Kier molecular flexibility index (Phi) is 42.0. The highest BCUT2D eigenvalue weighted by molar-refractivity contribution is 6.02. The number of carbonyl (C=O) groups is 18. The van der Waals surface area contributed by atoms with Crippen molar-refractivity contribution in [3.8, 4) is 5.75 Å². The van der Waals surface area contributed by atoms with Gasteiger partial charge in [0.25, 0.3) is 0 Å². The number of nitrogens with one attached hydrogen (secondary N) is 14. The third-order valence-corrected chi connectivity index (χ3v) is 21.0. The van der Waals surface area contributed by atoms with E-state index in [2.05, 4.69) is 69.1 Å². The van der Waals surface area contributed by atoms with Crippen molar-refractivity contribution in [1.82, 2.24) is 78.9 Å². The van der Waals surface area contributed by atoms with E-state index in [1.807, 2.05) is 0 Å². The van der Waals surface area contributed by atoms with Gasteiger partial charge in [-0.2, -0.15) is 0 Å². The van der Waals surface area contributed by atoms with E-state index in [-0.39, 0.29) is 95.6 Å². The number of carboxylic acid groups (broad SMARTS) is 2. The summed E-state index contributed by atoms with van der Waals surface area (Å²) in [5, 5.41) is 100. The molecule has 0 aliphatic carbocycles. The topological polar surface area (TPSA) is 719 Å². The van der Waals surface area contributed by atoms with Crippen molar-refractivity contribution in [2.24, 2.45) is 40.7 Å². The zero-order valence-electron chi connectivity index (χ0n) is 69.5. The van der Waals surface area contributed by atoms with E-state index in [1.54, 1.807) is 65.0 Å². The van der Waals surface area contributed by atoms with Crippen LogP contribution in [0.3, 0.4) is 0 Å². The molecule has 0 saturated carbocycles. The monoisotopic (exact) mass is 1720 g/mol. The van der Waals surface area contributed by atoms with Crippen LogP contribution in [0.15, 0.2) is 54.6 Å². The molecule has 0 radical (unpaired) electrons. The molecule has 122 heavy (non-hydrogen) atoms. The molecule has 4 rings (SSSR count). The quantitative estimate of drug-likeness (QED) is 0.0166. The predicted octanol–water partition coefficient (Wildman–Crippen LogP) is -7.21. The van der Waals surface area contributed by atoms with Gasteiger partial charge in [0.05, 0.1) is 44.2 Å². The Labute approximate surface area is 704 Å². The first-order valence-corrected chi connectivity index (χ1v) is 40.3. The molecule has 2 fully saturated rings. The Hall–Kier alpha value is -12.2. The number of nitrogens with zero attached hydrogens (tertiary/aromatic N) is 2. The van der Waals surface area contributed by atoms with Gasteiger partial charge >= 0.3 is 11.9 Å². The highest BCUT2D eigenvalue weighted by Gasteiger charge is 2.45.